The molecule has 0 saturated heterocycles. The highest BCUT2D eigenvalue weighted by molar-refractivity contribution is 7.09. The zero-order chi connectivity index (χ0) is 10.2. The molecule has 0 spiro atoms. The minimum Gasteiger partial charge on any atom is -0.390 e. The van der Waals surface area contributed by atoms with Gasteiger partial charge in [0.05, 0.1) is 31.4 Å². The second kappa shape index (κ2) is 6.89. The quantitative estimate of drug-likeness (QED) is 0.683. The first-order valence-corrected chi connectivity index (χ1v) is 5.33. The van der Waals surface area contributed by atoms with E-state index in [1.165, 1.54) is 0 Å². The van der Waals surface area contributed by atoms with E-state index >= 15 is 0 Å². The first kappa shape index (κ1) is 11.6. The molecule has 80 valence electrons. The second-order valence-electron chi connectivity index (χ2n) is 2.89. The Morgan fingerprint density at radius 2 is 2.43 bits per heavy atom. The zero-order valence-corrected chi connectivity index (χ0v) is 9.00. The summed E-state index contributed by atoms with van der Waals surface area (Å²) < 4.78 is 10.0. The molecule has 0 saturated carbocycles. The van der Waals surface area contributed by atoms with Crippen molar-refractivity contribution in [3.63, 3.8) is 0 Å². The van der Waals surface area contributed by atoms with Crippen LogP contribution in [0.5, 0.6) is 0 Å². The summed E-state index contributed by atoms with van der Waals surface area (Å²) in [6.45, 7) is 1.44. The van der Waals surface area contributed by atoms with Crippen molar-refractivity contribution in [1.29, 1.82) is 0 Å². The summed E-state index contributed by atoms with van der Waals surface area (Å²) in [4.78, 5) is 5.01. The molecule has 1 atom stereocenters. The highest BCUT2D eigenvalue weighted by Gasteiger charge is 2.06. The smallest absolute Gasteiger partial charge is 0.0822 e. The van der Waals surface area contributed by atoms with Gasteiger partial charge in [-0.15, -0.1) is 11.3 Å². The van der Waals surface area contributed by atoms with E-state index in [2.05, 4.69) is 4.98 Å². The van der Waals surface area contributed by atoms with Gasteiger partial charge < -0.3 is 14.6 Å². The molecule has 1 heterocycles. The SMILES string of the molecule is COCCOCC(O)Cc1cncs1. The van der Waals surface area contributed by atoms with Gasteiger partial charge in [-0.05, 0) is 0 Å². The number of aliphatic hydroxyl groups is 1. The Bertz CT molecular complexity index is 228. The Labute approximate surface area is 87.5 Å². The monoisotopic (exact) mass is 217 g/mol. The molecule has 1 N–H and O–H groups in total. The largest absolute Gasteiger partial charge is 0.390 e. The lowest BCUT2D eigenvalue weighted by molar-refractivity contribution is 0.0139. The molecule has 1 aromatic rings. The van der Waals surface area contributed by atoms with Crippen LogP contribution in [0.4, 0.5) is 0 Å². The highest BCUT2D eigenvalue weighted by atomic mass is 32.1. The Morgan fingerprint density at radius 3 is 3.07 bits per heavy atom. The van der Waals surface area contributed by atoms with Crippen molar-refractivity contribution in [2.24, 2.45) is 0 Å². The van der Waals surface area contributed by atoms with E-state index in [-0.39, 0.29) is 0 Å². The average molecular weight is 217 g/mol. The fourth-order valence-corrected chi connectivity index (χ4v) is 1.66. The van der Waals surface area contributed by atoms with Gasteiger partial charge in [0.15, 0.2) is 0 Å². The molecule has 4 nitrogen and oxygen atoms in total. The third-order valence-electron chi connectivity index (χ3n) is 1.66. The summed E-state index contributed by atoms with van der Waals surface area (Å²) in [5.41, 5.74) is 1.76. The Kier molecular flexibility index (Phi) is 5.70. The van der Waals surface area contributed by atoms with E-state index in [0.717, 1.165) is 4.88 Å². The van der Waals surface area contributed by atoms with Gasteiger partial charge in [0.1, 0.15) is 0 Å². The van der Waals surface area contributed by atoms with E-state index in [0.29, 0.717) is 26.2 Å². The summed E-state index contributed by atoms with van der Waals surface area (Å²) in [6, 6.07) is 0. The number of hydrogen-bond donors (Lipinski definition) is 1. The molecule has 1 rings (SSSR count). The predicted molar refractivity (Wildman–Crippen MR) is 54.5 cm³/mol. The van der Waals surface area contributed by atoms with Gasteiger partial charge in [0, 0.05) is 24.6 Å². The molecular weight excluding hydrogens is 202 g/mol. The lowest BCUT2D eigenvalue weighted by Crippen LogP contribution is -2.19. The van der Waals surface area contributed by atoms with Crippen molar-refractivity contribution >= 4 is 11.3 Å². The Hall–Kier alpha value is -0.490. The number of methoxy groups -OCH3 is 1. The predicted octanol–water partition coefficient (Wildman–Crippen LogP) is 0.710. The number of rotatable bonds is 7. The average Bonchev–Trinajstić information content (AvgIpc) is 2.65. The fraction of sp³-hybridized carbons (Fsp3) is 0.667. The minimum absolute atomic E-state index is 0.348. The van der Waals surface area contributed by atoms with Gasteiger partial charge in [0.25, 0.3) is 0 Å². The van der Waals surface area contributed by atoms with Crippen LogP contribution in [0.15, 0.2) is 11.7 Å². The van der Waals surface area contributed by atoms with E-state index in [1.54, 1.807) is 30.2 Å². The van der Waals surface area contributed by atoms with E-state index < -0.39 is 6.10 Å². The van der Waals surface area contributed by atoms with Gasteiger partial charge in [0.2, 0.25) is 0 Å². The normalized spacial score (nSPS) is 13.0. The summed E-state index contributed by atoms with van der Waals surface area (Å²) in [6.07, 6.45) is 1.92. The molecule has 0 aliphatic carbocycles. The summed E-state index contributed by atoms with van der Waals surface area (Å²) >= 11 is 1.54. The molecule has 5 heteroatoms. The summed E-state index contributed by atoms with van der Waals surface area (Å²) in [5.74, 6) is 0. The van der Waals surface area contributed by atoms with Crippen LogP contribution in [0.25, 0.3) is 0 Å². The molecule has 0 amide bonds. The maximum absolute atomic E-state index is 9.53. The fourth-order valence-electron chi connectivity index (χ4n) is 0.996. The molecule has 0 radical (unpaired) electrons. The van der Waals surface area contributed by atoms with Gasteiger partial charge in [-0.2, -0.15) is 0 Å². The molecule has 0 aromatic carbocycles. The van der Waals surface area contributed by atoms with Gasteiger partial charge >= 0.3 is 0 Å². The number of aliphatic hydroxyl groups excluding tert-OH is 1. The lowest BCUT2D eigenvalue weighted by Gasteiger charge is -2.09. The molecule has 0 bridgehead atoms. The van der Waals surface area contributed by atoms with Crippen LogP contribution >= 0.6 is 11.3 Å². The van der Waals surface area contributed by atoms with Crippen LogP contribution in [-0.4, -0.2) is 43.1 Å². The van der Waals surface area contributed by atoms with Crippen molar-refractivity contribution in [2.45, 2.75) is 12.5 Å². The van der Waals surface area contributed by atoms with Crippen molar-refractivity contribution in [3.05, 3.63) is 16.6 Å². The molecule has 14 heavy (non-hydrogen) atoms. The van der Waals surface area contributed by atoms with Gasteiger partial charge in [-0.25, -0.2) is 0 Å². The van der Waals surface area contributed by atoms with Crippen molar-refractivity contribution in [2.75, 3.05) is 26.9 Å². The first-order chi connectivity index (χ1) is 6.83. The number of thiazole rings is 1. The first-order valence-electron chi connectivity index (χ1n) is 4.45. The second-order valence-corrected chi connectivity index (χ2v) is 3.86. The topological polar surface area (TPSA) is 51.6 Å². The van der Waals surface area contributed by atoms with E-state index in [4.69, 9.17) is 9.47 Å². The van der Waals surface area contributed by atoms with Gasteiger partial charge in [-0.3, -0.25) is 4.98 Å². The van der Waals surface area contributed by atoms with Crippen LogP contribution < -0.4 is 0 Å². The summed E-state index contributed by atoms with van der Waals surface area (Å²) in [7, 11) is 1.62. The maximum atomic E-state index is 9.53. The lowest BCUT2D eigenvalue weighted by atomic mass is 10.2. The van der Waals surface area contributed by atoms with Gasteiger partial charge in [-0.1, -0.05) is 0 Å². The van der Waals surface area contributed by atoms with Crippen LogP contribution in [-0.2, 0) is 15.9 Å². The van der Waals surface area contributed by atoms with E-state index in [1.807, 2.05) is 0 Å². The molecule has 1 unspecified atom stereocenters. The Balaban J connectivity index is 2.07. The number of nitrogens with zero attached hydrogens (tertiary/aromatic N) is 1. The van der Waals surface area contributed by atoms with Crippen molar-refractivity contribution in [1.82, 2.24) is 4.98 Å². The van der Waals surface area contributed by atoms with Crippen LogP contribution in [0.2, 0.25) is 0 Å². The van der Waals surface area contributed by atoms with Crippen molar-refractivity contribution < 1.29 is 14.6 Å². The number of ether oxygens (including phenoxy) is 2. The molecular formula is C9H15NO3S. The number of hydrogen-bond acceptors (Lipinski definition) is 5. The third kappa shape index (κ3) is 4.66. The molecule has 0 fully saturated rings. The maximum Gasteiger partial charge on any atom is 0.0822 e. The molecule has 1 aromatic heterocycles. The van der Waals surface area contributed by atoms with Crippen LogP contribution in [0.3, 0.4) is 0 Å². The molecule has 0 aliphatic heterocycles. The minimum atomic E-state index is -0.452. The Morgan fingerprint density at radius 1 is 1.57 bits per heavy atom. The zero-order valence-electron chi connectivity index (χ0n) is 8.18. The molecule has 0 aliphatic rings. The highest BCUT2D eigenvalue weighted by Crippen LogP contribution is 2.08. The third-order valence-corrected chi connectivity index (χ3v) is 2.46. The standard InChI is InChI=1S/C9H15NO3S/c1-12-2-3-13-6-8(11)4-9-5-10-7-14-9/h5,7-8,11H,2-4,6H2,1H3. The number of aromatic nitrogens is 1. The summed E-state index contributed by atoms with van der Waals surface area (Å²) in [5, 5.41) is 9.53. The van der Waals surface area contributed by atoms with Crippen LogP contribution in [0, 0.1) is 0 Å². The van der Waals surface area contributed by atoms with Crippen LogP contribution in [0.1, 0.15) is 4.88 Å². The van der Waals surface area contributed by atoms with E-state index in [9.17, 15) is 5.11 Å². The van der Waals surface area contributed by atoms with Crippen molar-refractivity contribution in [3.8, 4) is 0 Å².